The number of nitrogens with zero attached hydrogens (tertiary/aromatic N) is 1. The number of carbonyl (C=O) groups is 1. The summed E-state index contributed by atoms with van der Waals surface area (Å²) in [5.41, 5.74) is 0. The van der Waals surface area contributed by atoms with Crippen LogP contribution in [-0.2, 0) is 18.4 Å². The minimum absolute atomic E-state index is 0.0783. The van der Waals surface area contributed by atoms with Crippen LogP contribution in [0, 0.1) is 0 Å². The van der Waals surface area contributed by atoms with E-state index in [1.165, 1.54) is 263 Å². The summed E-state index contributed by atoms with van der Waals surface area (Å²) < 4.78 is 23.6. The second-order valence-corrected chi connectivity index (χ2v) is 24.3. The van der Waals surface area contributed by atoms with Gasteiger partial charge in [-0.05, 0) is 12.8 Å². The summed E-state index contributed by atoms with van der Waals surface area (Å²) in [7, 11) is 1.63. The van der Waals surface area contributed by atoms with Gasteiger partial charge in [0.2, 0.25) is 5.91 Å². The maximum Gasteiger partial charge on any atom is 0.472 e. The maximum atomic E-state index is 12.9. The zero-order valence-corrected chi connectivity index (χ0v) is 48.2. The Morgan fingerprint density at radius 2 is 0.696 bits per heavy atom. The number of nitrogens with one attached hydrogen (secondary N) is 1. The summed E-state index contributed by atoms with van der Waals surface area (Å²) >= 11 is 0. The van der Waals surface area contributed by atoms with Crippen LogP contribution < -0.4 is 5.32 Å². The van der Waals surface area contributed by atoms with Crippen LogP contribution in [0.1, 0.15) is 328 Å². The fourth-order valence-corrected chi connectivity index (χ4v) is 10.5. The van der Waals surface area contributed by atoms with Gasteiger partial charge in [0, 0.05) is 6.42 Å². The lowest BCUT2D eigenvalue weighted by atomic mass is 10.0. The second-order valence-electron chi connectivity index (χ2n) is 22.8. The van der Waals surface area contributed by atoms with Gasteiger partial charge in [0.05, 0.1) is 39.9 Å². The van der Waals surface area contributed by atoms with Gasteiger partial charge < -0.3 is 19.8 Å². The Hall–Kier alpha value is -0.500. The molecular weight excluding hydrogens is 876 g/mol. The molecule has 0 heterocycles. The number of phosphoric ester groups is 1. The normalized spacial score (nSPS) is 13.8. The monoisotopic (exact) mass is 1000 g/mol. The van der Waals surface area contributed by atoms with E-state index >= 15 is 0 Å². The number of likely N-dealkylation sites (N-methyl/N-ethyl adjacent to an activating group) is 1. The number of hydrogen-bond donors (Lipinski definition) is 3. The zero-order valence-electron chi connectivity index (χ0n) is 47.3. The topological polar surface area (TPSA) is 105 Å². The van der Waals surface area contributed by atoms with E-state index in [0.29, 0.717) is 23.9 Å². The Bertz CT molecular complexity index is 1090. The molecule has 0 spiro atoms. The third-order valence-electron chi connectivity index (χ3n) is 14.6. The highest BCUT2D eigenvalue weighted by molar-refractivity contribution is 7.47. The molecule has 8 nitrogen and oxygen atoms in total. The van der Waals surface area contributed by atoms with Crippen molar-refractivity contribution < 1.29 is 32.9 Å². The largest absolute Gasteiger partial charge is 0.472 e. The maximum absolute atomic E-state index is 12.9. The summed E-state index contributed by atoms with van der Waals surface area (Å²) in [6.45, 7) is 4.89. The fourth-order valence-electron chi connectivity index (χ4n) is 9.76. The van der Waals surface area contributed by atoms with E-state index in [0.717, 1.165) is 38.5 Å². The van der Waals surface area contributed by atoms with Crippen LogP contribution in [0.25, 0.3) is 0 Å². The van der Waals surface area contributed by atoms with Gasteiger partial charge in [0.15, 0.2) is 0 Å². The van der Waals surface area contributed by atoms with Gasteiger partial charge in [0.25, 0.3) is 0 Å². The van der Waals surface area contributed by atoms with Crippen LogP contribution in [0.2, 0.25) is 0 Å². The van der Waals surface area contributed by atoms with Crippen molar-refractivity contribution >= 4 is 13.7 Å². The van der Waals surface area contributed by atoms with Crippen LogP contribution in [-0.4, -0.2) is 73.4 Å². The molecule has 69 heavy (non-hydrogen) atoms. The van der Waals surface area contributed by atoms with E-state index in [4.69, 9.17) is 9.05 Å². The molecule has 0 aromatic rings. The Kier molecular flexibility index (Phi) is 52.0. The number of rotatable bonds is 58. The molecule has 414 valence electrons. The predicted molar refractivity (Wildman–Crippen MR) is 300 cm³/mol. The zero-order chi connectivity index (χ0) is 50.6. The molecular formula is C60H124N2O6P+. The van der Waals surface area contributed by atoms with E-state index in [2.05, 4.69) is 19.2 Å². The van der Waals surface area contributed by atoms with Crippen molar-refractivity contribution in [2.75, 3.05) is 40.9 Å². The summed E-state index contributed by atoms with van der Waals surface area (Å²) in [6.07, 6.45) is 63.8. The van der Waals surface area contributed by atoms with E-state index < -0.39 is 20.0 Å². The van der Waals surface area contributed by atoms with Crippen molar-refractivity contribution in [1.82, 2.24) is 5.32 Å². The van der Waals surface area contributed by atoms with Gasteiger partial charge in [-0.15, -0.1) is 0 Å². The quantitative estimate of drug-likeness (QED) is 0.0318. The summed E-state index contributed by atoms with van der Waals surface area (Å²) in [6, 6.07) is -0.753. The average molecular weight is 1000 g/mol. The summed E-state index contributed by atoms with van der Waals surface area (Å²) in [5, 5.41) is 13.9. The fraction of sp³-hybridized carbons (Fsp3) is 0.983. The number of aliphatic hydroxyl groups excluding tert-OH is 1. The van der Waals surface area contributed by atoms with Crippen molar-refractivity contribution in [1.29, 1.82) is 0 Å². The molecule has 0 radical (unpaired) electrons. The van der Waals surface area contributed by atoms with Crippen molar-refractivity contribution in [3.8, 4) is 0 Å². The molecule has 3 N–H and O–H groups in total. The van der Waals surface area contributed by atoms with Crippen LogP contribution in [0.4, 0.5) is 0 Å². The Morgan fingerprint density at radius 1 is 0.435 bits per heavy atom. The lowest BCUT2D eigenvalue weighted by Crippen LogP contribution is -2.46. The molecule has 0 aromatic carbocycles. The summed E-state index contributed by atoms with van der Waals surface area (Å²) in [5.74, 6) is -0.140. The Labute approximate surface area is 431 Å². The van der Waals surface area contributed by atoms with Gasteiger partial charge in [0.1, 0.15) is 13.2 Å². The first-order valence-electron chi connectivity index (χ1n) is 30.9. The number of amides is 1. The number of aliphatic hydroxyl groups is 1. The number of unbranched alkanes of at least 4 members (excludes halogenated alkanes) is 45. The highest BCUT2D eigenvalue weighted by Gasteiger charge is 2.28. The molecule has 0 saturated carbocycles. The molecule has 0 saturated heterocycles. The second kappa shape index (κ2) is 52.4. The van der Waals surface area contributed by atoms with Crippen LogP contribution in [0.15, 0.2) is 0 Å². The van der Waals surface area contributed by atoms with E-state index in [1.807, 2.05) is 21.1 Å². The molecule has 3 unspecified atom stereocenters. The molecule has 0 fully saturated rings. The first-order valence-corrected chi connectivity index (χ1v) is 32.4. The Balaban J connectivity index is 3.69. The van der Waals surface area contributed by atoms with Crippen molar-refractivity contribution in [2.24, 2.45) is 0 Å². The number of carbonyl (C=O) groups excluding carboxylic acids is 1. The molecule has 3 atom stereocenters. The standard InChI is InChI=1S/C60H123N2O6P/c1-6-8-10-12-14-16-17-18-19-20-21-22-23-24-25-26-27-28-29-30-31-32-33-34-35-36-37-38-39-40-41-42-43-44-45-46-48-50-52-54-60(64)61-58(57-68-69(65,66)67-56-55-62(3,4)5)59(63)53-51-49-47-15-13-11-9-7-2/h58-59,63H,6-57H2,1-5H3,(H-,61,64,65,66)/p+1. The molecule has 0 rings (SSSR count). The van der Waals surface area contributed by atoms with Crippen LogP contribution >= 0.6 is 7.82 Å². The summed E-state index contributed by atoms with van der Waals surface area (Å²) in [4.78, 5) is 23.2. The third-order valence-corrected chi connectivity index (χ3v) is 15.6. The van der Waals surface area contributed by atoms with Crippen molar-refractivity contribution in [3.63, 3.8) is 0 Å². The molecule has 0 aliphatic heterocycles. The van der Waals surface area contributed by atoms with Crippen molar-refractivity contribution in [3.05, 3.63) is 0 Å². The highest BCUT2D eigenvalue weighted by atomic mass is 31.2. The molecule has 0 aliphatic rings. The molecule has 0 bridgehead atoms. The van der Waals surface area contributed by atoms with Gasteiger partial charge >= 0.3 is 7.82 Å². The minimum atomic E-state index is -4.31. The first-order chi connectivity index (χ1) is 33.5. The van der Waals surface area contributed by atoms with Gasteiger partial charge in [-0.3, -0.25) is 13.8 Å². The van der Waals surface area contributed by atoms with Crippen LogP contribution in [0.3, 0.4) is 0 Å². The molecule has 0 aromatic heterocycles. The third kappa shape index (κ3) is 55.1. The minimum Gasteiger partial charge on any atom is -0.391 e. The van der Waals surface area contributed by atoms with E-state index in [1.54, 1.807) is 0 Å². The number of phosphoric acid groups is 1. The average Bonchev–Trinajstić information content (AvgIpc) is 3.31. The predicted octanol–water partition coefficient (Wildman–Crippen LogP) is 18.8. The SMILES string of the molecule is CCCCCCCCCCCCCCCCCCCCCCCCCCCCCCCCCCCCCCCCCC(=O)NC(COP(=O)(O)OCC[N+](C)(C)C)C(O)CCCCCCCCCC. The van der Waals surface area contributed by atoms with Gasteiger partial charge in [-0.2, -0.15) is 0 Å². The molecule has 1 amide bonds. The lowest BCUT2D eigenvalue weighted by molar-refractivity contribution is -0.870. The van der Waals surface area contributed by atoms with E-state index in [-0.39, 0.29) is 19.1 Å². The Morgan fingerprint density at radius 3 is 0.971 bits per heavy atom. The molecule has 9 heteroatoms. The first kappa shape index (κ1) is 68.5. The van der Waals surface area contributed by atoms with E-state index in [9.17, 15) is 19.4 Å². The van der Waals surface area contributed by atoms with Gasteiger partial charge in [-0.1, -0.05) is 309 Å². The number of quaternary nitrogens is 1. The van der Waals surface area contributed by atoms with Gasteiger partial charge in [-0.25, -0.2) is 4.57 Å². The van der Waals surface area contributed by atoms with Crippen molar-refractivity contribution in [2.45, 2.75) is 341 Å². The smallest absolute Gasteiger partial charge is 0.391 e. The lowest BCUT2D eigenvalue weighted by Gasteiger charge is -2.26. The van der Waals surface area contributed by atoms with Crippen LogP contribution in [0.5, 0.6) is 0 Å². The highest BCUT2D eigenvalue weighted by Crippen LogP contribution is 2.43. The number of hydrogen-bond acceptors (Lipinski definition) is 5. The molecule has 0 aliphatic carbocycles.